The normalized spacial score (nSPS) is 25.1. The Labute approximate surface area is 245 Å². The molecule has 2 saturated heterocycles. The van der Waals surface area contributed by atoms with Gasteiger partial charge in [-0.25, -0.2) is 13.2 Å². The molecule has 3 aliphatic heterocycles. The monoisotopic (exact) mass is 596 g/mol. The number of halogens is 3. The fourth-order valence-corrected chi connectivity index (χ4v) is 6.55. The third-order valence-corrected chi connectivity index (χ3v) is 8.83. The van der Waals surface area contributed by atoms with E-state index in [9.17, 15) is 27.6 Å². The van der Waals surface area contributed by atoms with Gasteiger partial charge >= 0.3 is 0 Å². The molecular formula is C31H31F3N4O5. The highest BCUT2D eigenvalue weighted by Crippen LogP contribution is 2.49. The smallest absolute Gasteiger partial charge is 0.274 e. The molecule has 1 aromatic heterocycles. The summed E-state index contributed by atoms with van der Waals surface area (Å²) in [6.45, 7) is 3.65. The topological polar surface area (TPSA) is 107 Å². The Morgan fingerprint density at radius 1 is 1.09 bits per heavy atom. The quantitative estimate of drug-likeness (QED) is 0.460. The van der Waals surface area contributed by atoms with Crippen molar-refractivity contribution in [2.45, 2.75) is 70.0 Å². The number of ether oxygens (including phenoxy) is 1. The molecule has 2 N–H and O–H groups in total. The number of hydrogen-bond acceptors (Lipinski definition) is 6. The zero-order chi connectivity index (χ0) is 30.6. The second-order valence-corrected chi connectivity index (χ2v) is 11.6. The molecule has 2 amide bonds. The number of hydrogen-bond donors (Lipinski definition) is 1. The van der Waals surface area contributed by atoms with Gasteiger partial charge in [-0.1, -0.05) is 30.3 Å². The molecule has 1 unspecified atom stereocenters. The SMILES string of the molecule is CC1C[C@@]2(CC[C@H](C)N3C[C@H]2n2cc(C(N)=O)c(=O)c(OCc4ccccc4)c2C3=O)ON1Cc1c(F)cc(F)cc1F. The van der Waals surface area contributed by atoms with Crippen LogP contribution in [0.2, 0.25) is 0 Å². The van der Waals surface area contributed by atoms with E-state index in [1.165, 1.54) is 11.3 Å². The van der Waals surface area contributed by atoms with Gasteiger partial charge in [0.2, 0.25) is 5.43 Å². The third kappa shape index (κ3) is 4.98. The molecule has 2 aromatic carbocycles. The lowest BCUT2D eigenvalue weighted by Crippen LogP contribution is -2.52. The molecule has 1 spiro atoms. The minimum Gasteiger partial charge on any atom is -0.483 e. The van der Waals surface area contributed by atoms with E-state index in [4.69, 9.17) is 15.3 Å². The maximum atomic E-state index is 14.6. The summed E-state index contributed by atoms with van der Waals surface area (Å²) in [4.78, 5) is 48.1. The first-order valence-electron chi connectivity index (χ1n) is 14.1. The van der Waals surface area contributed by atoms with Crippen molar-refractivity contribution in [3.8, 4) is 5.75 Å². The Kier molecular flexibility index (Phi) is 7.29. The van der Waals surface area contributed by atoms with E-state index in [-0.39, 0.29) is 54.4 Å². The number of amides is 2. The van der Waals surface area contributed by atoms with Gasteiger partial charge < -0.3 is 19.9 Å². The largest absolute Gasteiger partial charge is 0.483 e. The maximum Gasteiger partial charge on any atom is 0.274 e. The van der Waals surface area contributed by atoms with Gasteiger partial charge in [-0.15, -0.1) is 0 Å². The standard InChI is InChI=1S/C31H31F3N4O5/c1-17-8-9-31(12-18(2)38(43-31)14-21-23(33)10-20(32)11-24(21)34)25-15-36(17)30(41)26-28(42-16-19-6-4-3-5-7-19)27(39)22(29(35)40)13-37(25)26/h3-7,10-11,13,17-18,25H,8-9,12,14-16H2,1-2H3,(H2,35,40)/t17-,18?,25+,31+/m0/s1. The van der Waals surface area contributed by atoms with Crippen molar-refractivity contribution in [1.29, 1.82) is 0 Å². The summed E-state index contributed by atoms with van der Waals surface area (Å²) in [5.74, 6) is -4.73. The summed E-state index contributed by atoms with van der Waals surface area (Å²) in [7, 11) is 0. The molecule has 9 nitrogen and oxygen atoms in total. The fourth-order valence-electron chi connectivity index (χ4n) is 6.55. The van der Waals surface area contributed by atoms with E-state index < -0.39 is 46.3 Å². The summed E-state index contributed by atoms with van der Waals surface area (Å²) in [5, 5.41) is 1.47. The minimum absolute atomic E-state index is 0.0133. The molecule has 6 rings (SSSR count). The lowest BCUT2D eigenvalue weighted by atomic mass is 9.84. The van der Waals surface area contributed by atoms with Crippen LogP contribution in [0.1, 0.15) is 71.1 Å². The van der Waals surface area contributed by atoms with Gasteiger partial charge in [-0.05, 0) is 38.7 Å². The van der Waals surface area contributed by atoms with Crippen LogP contribution < -0.4 is 15.9 Å². The van der Waals surface area contributed by atoms with Crippen LogP contribution in [0.5, 0.6) is 5.75 Å². The molecule has 0 aliphatic carbocycles. The van der Waals surface area contributed by atoms with Crippen molar-refractivity contribution in [1.82, 2.24) is 14.5 Å². The zero-order valence-electron chi connectivity index (χ0n) is 23.7. The number of carbonyl (C=O) groups is 2. The van der Waals surface area contributed by atoms with Crippen LogP contribution in [0.4, 0.5) is 13.2 Å². The predicted molar refractivity (Wildman–Crippen MR) is 149 cm³/mol. The minimum atomic E-state index is -1.02. The maximum absolute atomic E-state index is 14.6. The molecule has 2 bridgehead atoms. The van der Waals surface area contributed by atoms with Gasteiger partial charge in [0.25, 0.3) is 11.8 Å². The summed E-state index contributed by atoms with van der Waals surface area (Å²) < 4.78 is 50.3. The lowest BCUT2D eigenvalue weighted by molar-refractivity contribution is -0.226. The van der Waals surface area contributed by atoms with Crippen molar-refractivity contribution >= 4 is 11.8 Å². The molecule has 4 atom stereocenters. The number of benzene rings is 2. The number of aromatic nitrogens is 1. The van der Waals surface area contributed by atoms with E-state index in [1.807, 2.05) is 32.0 Å². The van der Waals surface area contributed by atoms with Gasteiger partial charge in [0.15, 0.2) is 11.4 Å². The average molecular weight is 597 g/mol. The first-order chi connectivity index (χ1) is 20.5. The Hall–Kier alpha value is -4.16. The Bertz CT molecular complexity index is 1640. The van der Waals surface area contributed by atoms with Crippen LogP contribution >= 0.6 is 0 Å². The number of nitrogens with two attached hydrogens (primary N) is 1. The number of hydroxylamine groups is 2. The molecule has 43 heavy (non-hydrogen) atoms. The lowest BCUT2D eigenvalue weighted by Gasteiger charge is -2.43. The summed E-state index contributed by atoms with van der Waals surface area (Å²) in [6, 6.07) is 9.17. The van der Waals surface area contributed by atoms with E-state index in [0.717, 1.165) is 5.56 Å². The fraction of sp³-hybridized carbons (Fsp3) is 0.387. The van der Waals surface area contributed by atoms with Crippen molar-refractivity contribution in [3.63, 3.8) is 0 Å². The van der Waals surface area contributed by atoms with Crippen LogP contribution in [-0.4, -0.2) is 50.6 Å². The Morgan fingerprint density at radius 3 is 2.47 bits per heavy atom. The van der Waals surface area contributed by atoms with Gasteiger partial charge in [0, 0.05) is 42.5 Å². The van der Waals surface area contributed by atoms with Crippen LogP contribution in [0, 0.1) is 17.5 Å². The highest BCUT2D eigenvalue weighted by atomic mass is 19.1. The molecule has 12 heteroatoms. The van der Waals surface area contributed by atoms with E-state index in [0.29, 0.717) is 31.4 Å². The first-order valence-corrected chi connectivity index (χ1v) is 14.1. The Morgan fingerprint density at radius 2 is 1.79 bits per heavy atom. The highest BCUT2D eigenvalue weighted by Gasteiger charge is 2.56. The number of pyridine rings is 1. The number of rotatable bonds is 6. The first kappa shape index (κ1) is 28.9. The second kappa shape index (κ2) is 10.8. The average Bonchev–Trinajstić information content (AvgIpc) is 3.22. The number of primary amides is 1. The van der Waals surface area contributed by atoms with Gasteiger partial charge in [0.05, 0.1) is 12.6 Å². The van der Waals surface area contributed by atoms with Crippen LogP contribution in [0.25, 0.3) is 0 Å². The number of fused-ring (bicyclic) bond motifs is 5. The van der Waals surface area contributed by atoms with Gasteiger partial charge in [0.1, 0.15) is 35.2 Å². The van der Waals surface area contributed by atoms with Crippen molar-refractivity contribution in [2.75, 3.05) is 6.54 Å². The summed E-state index contributed by atoms with van der Waals surface area (Å²) >= 11 is 0. The van der Waals surface area contributed by atoms with E-state index >= 15 is 0 Å². The molecule has 3 aromatic rings. The predicted octanol–water partition coefficient (Wildman–Crippen LogP) is 4.09. The summed E-state index contributed by atoms with van der Waals surface area (Å²) in [5.41, 5.74) is 3.92. The number of nitrogens with zero attached hydrogens (tertiary/aromatic N) is 3. The van der Waals surface area contributed by atoms with Crippen molar-refractivity contribution in [3.05, 3.63) is 98.7 Å². The molecule has 0 saturated carbocycles. The summed E-state index contributed by atoms with van der Waals surface area (Å²) in [6.07, 6.45) is 2.72. The Balaban J connectivity index is 1.44. The molecule has 226 valence electrons. The van der Waals surface area contributed by atoms with Crippen LogP contribution in [0.3, 0.4) is 0 Å². The van der Waals surface area contributed by atoms with Gasteiger partial charge in [-0.3, -0.25) is 19.2 Å². The third-order valence-electron chi connectivity index (χ3n) is 8.83. The molecule has 3 aliphatic rings. The zero-order valence-corrected chi connectivity index (χ0v) is 23.7. The molecule has 0 radical (unpaired) electrons. The van der Waals surface area contributed by atoms with Gasteiger partial charge in [-0.2, -0.15) is 5.06 Å². The molecule has 2 fully saturated rings. The van der Waals surface area contributed by atoms with Crippen LogP contribution in [-0.2, 0) is 18.0 Å². The number of carbonyl (C=O) groups excluding carboxylic acids is 2. The molecular weight excluding hydrogens is 565 g/mol. The highest BCUT2D eigenvalue weighted by molar-refractivity contribution is 5.99. The van der Waals surface area contributed by atoms with Crippen LogP contribution in [0.15, 0.2) is 53.5 Å². The molecule has 4 heterocycles. The van der Waals surface area contributed by atoms with E-state index in [1.54, 1.807) is 21.6 Å². The second-order valence-electron chi connectivity index (χ2n) is 11.6. The van der Waals surface area contributed by atoms with Crippen molar-refractivity contribution < 1.29 is 32.3 Å². The van der Waals surface area contributed by atoms with E-state index in [2.05, 4.69) is 0 Å². The van der Waals surface area contributed by atoms with Crippen molar-refractivity contribution in [2.24, 2.45) is 5.73 Å².